The third-order valence-corrected chi connectivity index (χ3v) is 6.14. The highest BCUT2D eigenvalue weighted by molar-refractivity contribution is 7.92. The molecule has 0 saturated carbocycles. The molecule has 0 aromatic heterocycles. The van der Waals surface area contributed by atoms with Crippen molar-refractivity contribution >= 4 is 56.2 Å². The Labute approximate surface area is 193 Å². The zero-order valence-corrected chi connectivity index (χ0v) is 18.7. The van der Waals surface area contributed by atoms with Crippen LogP contribution in [-0.4, -0.2) is 26.4 Å². The van der Waals surface area contributed by atoms with Crippen LogP contribution in [0.25, 0.3) is 0 Å². The van der Waals surface area contributed by atoms with E-state index in [-0.39, 0.29) is 38.3 Å². The number of carbonyl (C=O) groups excluding carboxylic acids is 1. The van der Waals surface area contributed by atoms with Gasteiger partial charge in [-0.25, -0.2) is 8.42 Å². The van der Waals surface area contributed by atoms with Gasteiger partial charge in [-0.05, 0) is 42.5 Å². The second-order valence-corrected chi connectivity index (χ2v) is 8.88. The Hall–Kier alpha value is -3.34. The van der Waals surface area contributed by atoms with Gasteiger partial charge >= 0.3 is 0 Å². The Balaban J connectivity index is 1.92. The van der Waals surface area contributed by atoms with Crippen molar-refractivity contribution in [1.82, 2.24) is 0 Å². The topological polar surface area (TPSA) is 128 Å². The number of rotatable bonds is 7. The van der Waals surface area contributed by atoms with Crippen LogP contribution in [-0.2, 0) is 10.0 Å². The molecule has 0 bridgehead atoms. The van der Waals surface area contributed by atoms with E-state index in [9.17, 15) is 23.3 Å². The number of hydrogen-bond acceptors (Lipinski definition) is 6. The first-order valence-corrected chi connectivity index (χ1v) is 11.1. The minimum absolute atomic E-state index is 0.00792. The molecule has 0 aliphatic carbocycles. The highest BCUT2D eigenvalue weighted by Crippen LogP contribution is 2.30. The molecular weight excluding hydrogens is 481 g/mol. The average Bonchev–Trinajstić information content (AvgIpc) is 2.73. The summed E-state index contributed by atoms with van der Waals surface area (Å²) in [7, 11) is -2.78. The van der Waals surface area contributed by atoms with Crippen molar-refractivity contribution in [2.45, 2.75) is 4.90 Å². The highest BCUT2D eigenvalue weighted by Gasteiger charge is 2.20. The van der Waals surface area contributed by atoms with E-state index in [1.807, 2.05) is 0 Å². The number of ether oxygens (including phenoxy) is 1. The van der Waals surface area contributed by atoms with Gasteiger partial charge < -0.3 is 10.1 Å². The Morgan fingerprint density at radius 1 is 1.06 bits per heavy atom. The number of methoxy groups -OCH3 is 1. The molecule has 3 aromatic rings. The lowest BCUT2D eigenvalue weighted by Gasteiger charge is -2.14. The second kappa shape index (κ2) is 9.43. The maximum Gasteiger partial charge on any atom is 0.271 e. The molecule has 0 unspecified atom stereocenters. The number of benzene rings is 3. The number of nitro groups is 1. The first-order valence-electron chi connectivity index (χ1n) is 8.82. The average molecular weight is 496 g/mol. The minimum Gasteiger partial charge on any atom is -0.495 e. The third kappa shape index (κ3) is 5.28. The third-order valence-electron chi connectivity index (χ3n) is 4.21. The largest absolute Gasteiger partial charge is 0.495 e. The summed E-state index contributed by atoms with van der Waals surface area (Å²) in [5.41, 5.74) is -0.0622. The zero-order chi connectivity index (χ0) is 23.5. The van der Waals surface area contributed by atoms with E-state index in [0.29, 0.717) is 5.02 Å². The standard InChI is InChI=1S/C20H15Cl2N3O6S/c1-31-19-8-6-15(32(29,30)24-13-3-2-4-14(10-13)25(27)28)11-18(19)23-20(26)16-7-5-12(21)9-17(16)22/h2-11,24H,1H3,(H,23,26). The molecule has 0 atom stereocenters. The summed E-state index contributed by atoms with van der Waals surface area (Å²) in [6.07, 6.45) is 0. The molecule has 0 radical (unpaired) electrons. The summed E-state index contributed by atoms with van der Waals surface area (Å²) in [6.45, 7) is 0. The molecular formula is C20H15Cl2N3O6S. The van der Waals surface area contributed by atoms with Crippen molar-refractivity contribution in [1.29, 1.82) is 0 Å². The van der Waals surface area contributed by atoms with Gasteiger partial charge in [0.15, 0.2) is 0 Å². The lowest BCUT2D eigenvalue weighted by atomic mass is 10.2. The molecule has 12 heteroatoms. The van der Waals surface area contributed by atoms with Crippen LogP contribution in [0, 0.1) is 10.1 Å². The van der Waals surface area contributed by atoms with Crippen molar-refractivity contribution in [3.8, 4) is 5.75 Å². The summed E-state index contributed by atoms with van der Waals surface area (Å²) < 4.78 is 33.1. The Kier molecular flexibility index (Phi) is 6.87. The number of nitro benzene ring substituents is 1. The van der Waals surface area contributed by atoms with Crippen molar-refractivity contribution in [2.75, 3.05) is 17.1 Å². The van der Waals surface area contributed by atoms with Crippen LogP contribution < -0.4 is 14.8 Å². The number of carbonyl (C=O) groups is 1. The number of amides is 1. The molecule has 32 heavy (non-hydrogen) atoms. The van der Waals surface area contributed by atoms with Gasteiger partial charge in [-0.2, -0.15) is 0 Å². The Morgan fingerprint density at radius 3 is 2.47 bits per heavy atom. The molecule has 0 heterocycles. The van der Waals surface area contributed by atoms with E-state index in [4.69, 9.17) is 27.9 Å². The van der Waals surface area contributed by atoms with Crippen LogP contribution in [0.15, 0.2) is 65.6 Å². The van der Waals surface area contributed by atoms with Gasteiger partial charge in [0.05, 0.1) is 38.9 Å². The number of nitrogens with one attached hydrogen (secondary N) is 2. The van der Waals surface area contributed by atoms with Gasteiger partial charge in [-0.15, -0.1) is 0 Å². The van der Waals surface area contributed by atoms with Crippen molar-refractivity contribution in [3.63, 3.8) is 0 Å². The molecule has 2 N–H and O–H groups in total. The molecule has 1 amide bonds. The number of sulfonamides is 1. The summed E-state index contributed by atoms with van der Waals surface area (Å²) in [6, 6.07) is 13.2. The SMILES string of the molecule is COc1ccc(S(=O)(=O)Nc2cccc([N+](=O)[O-])c2)cc1NC(=O)c1ccc(Cl)cc1Cl. The van der Waals surface area contributed by atoms with Gasteiger partial charge in [0, 0.05) is 17.2 Å². The first-order chi connectivity index (χ1) is 15.1. The van der Waals surface area contributed by atoms with Gasteiger partial charge in [0.2, 0.25) is 0 Å². The van der Waals surface area contributed by atoms with Crippen LogP contribution >= 0.6 is 23.2 Å². The summed E-state index contributed by atoms with van der Waals surface area (Å²) in [5, 5.41) is 14.0. The summed E-state index contributed by atoms with van der Waals surface area (Å²) in [4.78, 5) is 22.7. The molecule has 3 aromatic carbocycles. The molecule has 3 rings (SSSR count). The fourth-order valence-electron chi connectivity index (χ4n) is 2.71. The van der Waals surface area contributed by atoms with Crippen LogP contribution in [0.4, 0.5) is 17.1 Å². The lowest BCUT2D eigenvalue weighted by Crippen LogP contribution is -2.16. The molecule has 0 aliphatic rings. The Bertz CT molecular complexity index is 1310. The smallest absolute Gasteiger partial charge is 0.271 e. The number of nitrogens with zero attached hydrogens (tertiary/aromatic N) is 1. The monoisotopic (exact) mass is 495 g/mol. The fourth-order valence-corrected chi connectivity index (χ4v) is 4.28. The molecule has 0 aliphatic heterocycles. The molecule has 0 fully saturated rings. The minimum atomic E-state index is -4.14. The van der Waals surface area contributed by atoms with E-state index in [1.54, 1.807) is 0 Å². The van der Waals surface area contributed by atoms with Crippen molar-refractivity contribution in [3.05, 3.63) is 86.4 Å². The maximum absolute atomic E-state index is 12.8. The Morgan fingerprint density at radius 2 is 1.81 bits per heavy atom. The van der Waals surface area contributed by atoms with Gasteiger partial charge in [0.25, 0.3) is 21.6 Å². The van der Waals surface area contributed by atoms with E-state index in [2.05, 4.69) is 10.0 Å². The van der Waals surface area contributed by atoms with Crippen LogP contribution in [0.1, 0.15) is 10.4 Å². The van der Waals surface area contributed by atoms with Gasteiger partial charge in [-0.3, -0.25) is 19.6 Å². The normalized spacial score (nSPS) is 11.0. The molecule has 0 spiro atoms. The number of halogens is 2. The van der Waals surface area contributed by atoms with E-state index >= 15 is 0 Å². The van der Waals surface area contributed by atoms with Crippen LogP contribution in [0.3, 0.4) is 0 Å². The quantitative estimate of drug-likeness (QED) is 0.352. The number of non-ortho nitro benzene ring substituents is 1. The molecule has 166 valence electrons. The molecule has 9 nitrogen and oxygen atoms in total. The maximum atomic E-state index is 12.8. The highest BCUT2D eigenvalue weighted by atomic mass is 35.5. The second-order valence-electron chi connectivity index (χ2n) is 6.35. The summed E-state index contributed by atoms with van der Waals surface area (Å²) >= 11 is 11.9. The molecule has 0 saturated heterocycles. The first kappa shape index (κ1) is 23.3. The van der Waals surface area contributed by atoms with Crippen LogP contribution in [0.5, 0.6) is 5.75 Å². The number of hydrogen-bond donors (Lipinski definition) is 2. The van der Waals surface area contributed by atoms with Gasteiger partial charge in [0.1, 0.15) is 5.75 Å². The predicted octanol–water partition coefficient (Wildman–Crippen LogP) is 4.96. The lowest BCUT2D eigenvalue weighted by molar-refractivity contribution is -0.384. The van der Waals surface area contributed by atoms with E-state index in [0.717, 1.165) is 6.07 Å². The summed E-state index contributed by atoms with van der Waals surface area (Å²) in [5.74, 6) is -0.399. The zero-order valence-electron chi connectivity index (χ0n) is 16.3. The van der Waals surface area contributed by atoms with Crippen LogP contribution in [0.2, 0.25) is 10.0 Å². The predicted molar refractivity (Wildman–Crippen MR) is 121 cm³/mol. The number of anilines is 2. The van der Waals surface area contributed by atoms with Crippen molar-refractivity contribution < 1.29 is 22.9 Å². The van der Waals surface area contributed by atoms with Crippen molar-refractivity contribution in [2.24, 2.45) is 0 Å². The van der Waals surface area contributed by atoms with E-state index in [1.165, 1.54) is 61.7 Å². The van der Waals surface area contributed by atoms with Gasteiger partial charge in [-0.1, -0.05) is 29.3 Å². The fraction of sp³-hybridized carbons (Fsp3) is 0.0500. The van der Waals surface area contributed by atoms with E-state index < -0.39 is 20.9 Å².